The van der Waals surface area contributed by atoms with Gasteiger partial charge in [-0.25, -0.2) is 4.79 Å². The van der Waals surface area contributed by atoms with E-state index in [1.807, 2.05) is 32.2 Å². The van der Waals surface area contributed by atoms with Crippen LogP contribution in [0.25, 0.3) is 0 Å². The molecule has 19 heavy (non-hydrogen) atoms. The number of thiophene rings is 1. The van der Waals surface area contributed by atoms with Crippen LogP contribution in [0.1, 0.15) is 41.9 Å². The van der Waals surface area contributed by atoms with E-state index in [0.29, 0.717) is 11.4 Å². The first kappa shape index (κ1) is 14.1. The number of carbonyl (C=O) groups is 2. The average Bonchev–Trinajstić information content (AvgIpc) is 2.72. The van der Waals surface area contributed by atoms with Gasteiger partial charge in [-0.15, -0.1) is 11.3 Å². The first-order chi connectivity index (χ1) is 8.84. The number of rotatable bonds is 2. The van der Waals surface area contributed by atoms with Crippen molar-refractivity contribution in [3.8, 4) is 0 Å². The van der Waals surface area contributed by atoms with Gasteiger partial charge < -0.3 is 10.0 Å². The van der Waals surface area contributed by atoms with Crippen molar-refractivity contribution in [1.82, 2.24) is 4.90 Å². The van der Waals surface area contributed by atoms with Crippen LogP contribution in [0.4, 0.5) is 0 Å². The highest BCUT2D eigenvalue weighted by atomic mass is 32.1. The van der Waals surface area contributed by atoms with Crippen LogP contribution in [0, 0.1) is 12.3 Å². The van der Waals surface area contributed by atoms with Crippen molar-refractivity contribution >= 4 is 23.2 Å². The Hall–Kier alpha value is -1.36. The smallest absolute Gasteiger partial charge is 0.326 e. The SMILES string of the molecule is Cc1ccsc1C(=O)N1CCCC(C)(C)C1C(=O)O. The summed E-state index contributed by atoms with van der Waals surface area (Å²) in [6, 6.07) is 1.15. The third kappa shape index (κ3) is 2.52. The molecule has 1 aromatic rings. The van der Waals surface area contributed by atoms with Crippen LogP contribution in [0.2, 0.25) is 0 Å². The standard InChI is InChI=1S/C14H19NO3S/c1-9-5-8-19-10(9)12(16)15-7-4-6-14(2,3)11(15)13(17)18/h5,8,11H,4,6-7H2,1-3H3,(H,17,18). The molecule has 4 nitrogen and oxygen atoms in total. The lowest BCUT2D eigenvalue weighted by Gasteiger charge is -2.43. The summed E-state index contributed by atoms with van der Waals surface area (Å²) in [5.41, 5.74) is 0.535. The summed E-state index contributed by atoms with van der Waals surface area (Å²) in [6.07, 6.45) is 1.68. The minimum absolute atomic E-state index is 0.146. The van der Waals surface area contributed by atoms with Gasteiger partial charge in [0.1, 0.15) is 6.04 Å². The summed E-state index contributed by atoms with van der Waals surface area (Å²) < 4.78 is 0. The van der Waals surface area contributed by atoms with E-state index in [9.17, 15) is 14.7 Å². The van der Waals surface area contributed by atoms with Crippen molar-refractivity contribution in [2.45, 2.75) is 39.7 Å². The van der Waals surface area contributed by atoms with Gasteiger partial charge in [-0.1, -0.05) is 13.8 Å². The van der Waals surface area contributed by atoms with Crippen molar-refractivity contribution in [3.05, 3.63) is 21.9 Å². The third-order valence-corrected chi connectivity index (χ3v) is 4.83. The quantitative estimate of drug-likeness (QED) is 0.907. The van der Waals surface area contributed by atoms with Crippen molar-refractivity contribution < 1.29 is 14.7 Å². The second-order valence-electron chi connectivity index (χ2n) is 5.76. The number of aliphatic carboxylic acids is 1. The number of hydrogen-bond acceptors (Lipinski definition) is 3. The number of carboxylic acids is 1. The first-order valence-corrected chi connectivity index (χ1v) is 7.30. The molecular weight excluding hydrogens is 262 g/mol. The van der Waals surface area contributed by atoms with E-state index in [1.165, 1.54) is 16.2 Å². The number of nitrogens with zero attached hydrogens (tertiary/aromatic N) is 1. The monoisotopic (exact) mass is 281 g/mol. The molecule has 1 atom stereocenters. The minimum Gasteiger partial charge on any atom is -0.480 e. The molecule has 2 heterocycles. The molecule has 1 fully saturated rings. The highest BCUT2D eigenvalue weighted by Gasteiger charge is 2.44. The number of piperidine rings is 1. The molecule has 1 saturated heterocycles. The molecule has 0 saturated carbocycles. The number of amides is 1. The largest absolute Gasteiger partial charge is 0.480 e. The lowest BCUT2D eigenvalue weighted by Crippen LogP contribution is -2.56. The van der Waals surface area contributed by atoms with Gasteiger partial charge in [0.25, 0.3) is 5.91 Å². The fourth-order valence-electron chi connectivity index (χ4n) is 2.80. The molecular formula is C14H19NO3S. The molecule has 5 heteroatoms. The highest BCUT2D eigenvalue weighted by Crippen LogP contribution is 2.36. The zero-order valence-electron chi connectivity index (χ0n) is 11.5. The van der Waals surface area contributed by atoms with E-state index < -0.39 is 12.0 Å². The minimum atomic E-state index is -0.910. The fourth-order valence-corrected chi connectivity index (χ4v) is 3.68. The van der Waals surface area contributed by atoms with Gasteiger partial charge in [-0.05, 0) is 42.2 Å². The molecule has 0 bridgehead atoms. The molecule has 1 aliphatic rings. The predicted molar refractivity (Wildman–Crippen MR) is 74.5 cm³/mol. The van der Waals surface area contributed by atoms with Crippen LogP contribution < -0.4 is 0 Å². The van der Waals surface area contributed by atoms with Crippen molar-refractivity contribution in [2.75, 3.05) is 6.54 Å². The van der Waals surface area contributed by atoms with Crippen molar-refractivity contribution in [3.63, 3.8) is 0 Å². The van der Waals surface area contributed by atoms with Crippen LogP contribution in [0.15, 0.2) is 11.4 Å². The lowest BCUT2D eigenvalue weighted by atomic mass is 9.76. The highest BCUT2D eigenvalue weighted by molar-refractivity contribution is 7.12. The van der Waals surface area contributed by atoms with E-state index in [1.54, 1.807) is 0 Å². The summed E-state index contributed by atoms with van der Waals surface area (Å²) in [5, 5.41) is 11.3. The van der Waals surface area contributed by atoms with Gasteiger partial charge in [0.2, 0.25) is 0 Å². The zero-order chi connectivity index (χ0) is 14.2. The lowest BCUT2D eigenvalue weighted by molar-refractivity contribution is -0.148. The number of carboxylic acid groups (broad SMARTS) is 1. The first-order valence-electron chi connectivity index (χ1n) is 6.42. The van der Waals surface area contributed by atoms with Crippen molar-refractivity contribution in [2.24, 2.45) is 5.41 Å². The Balaban J connectivity index is 2.34. The molecule has 0 aromatic carbocycles. The molecule has 2 rings (SSSR count). The van der Waals surface area contributed by atoms with Crippen LogP contribution in [0.3, 0.4) is 0 Å². The second-order valence-corrected chi connectivity index (χ2v) is 6.68. The Morgan fingerprint density at radius 2 is 2.16 bits per heavy atom. The van der Waals surface area contributed by atoms with Gasteiger partial charge in [0.05, 0.1) is 4.88 Å². The number of aryl methyl sites for hydroxylation is 1. The maximum atomic E-state index is 12.6. The zero-order valence-corrected chi connectivity index (χ0v) is 12.3. The molecule has 1 N–H and O–H groups in total. The Kier molecular flexibility index (Phi) is 3.67. The molecule has 0 radical (unpaired) electrons. The maximum absolute atomic E-state index is 12.6. The van der Waals surface area contributed by atoms with Crippen LogP contribution in [-0.2, 0) is 4.79 Å². The molecule has 0 spiro atoms. The van der Waals surface area contributed by atoms with Crippen LogP contribution >= 0.6 is 11.3 Å². The number of hydrogen-bond donors (Lipinski definition) is 1. The van der Waals surface area contributed by atoms with Gasteiger partial charge >= 0.3 is 5.97 Å². The van der Waals surface area contributed by atoms with Crippen LogP contribution in [0.5, 0.6) is 0 Å². The molecule has 1 aromatic heterocycles. The van der Waals surface area contributed by atoms with Gasteiger partial charge in [0, 0.05) is 6.54 Å². The van der Waals surface area contributed by atoms with Gasteiger partial charge in [-0.2, -0.15) is 0 Å². The van der Waals surface area contributed by atoms with Gasteiger partial charge in [-0.3, -0.25) is 4.79 Å². The number of likely N-dealkylation sites (tertiary alicyclic amines) is 1. The second kappa shape index (κ2) is 4.96. The molecule has 0 aliphatic carbocycles. The Bertz CT molecular complexity index is 507. The van der Waals surface area contributed by atoms with E-state index >= 15 is 0 Å². The molecule has 1 unspecified atom stereocenters. The Morgan fingerprint density at radius 1 is 1.47 bits per heavy atom. The summed E-state index contributed by atoms with van der Waals surface area (Å²) in [7, 11) is 0. The normalized spacial score (nSPS) is 22.3. The summed E-state index contributed by atoms with van der Waals surface area (Å²) in [5.74, 6) is -1.06. The molecule has 104 valence electrons. The van der Waals surface area contributed by atoms with E-state index in [-0.39, 0.29) is 11.3 Å². The fraction of sp³-hybridized carbons (Fsp3) is 0.571. The summed E-state index contributed by atoms with van der Waals surface area (Å²) in [6.45, 7) is 6.25. The summed E-state index contributed by atoms with van der Waals surface area (Å²) >= 11 is 1.38. The predicted octanol–water partition coefficient (Wildman–Crippen LogP) is 2.77. The third-order valence-electron chi connectivity index (χ3n) is 3.82. The molecule has 1 aliphatic heterocycles. The Labute approximate surface area is 117 Å². The molecule has 1 amide bonds. The van der Waals surface area contributed by atoms with E-state index in [2.05, 4.69) is 0 Å². The van der Waals surface area contributed by atoms with E-state index in [4.69, 9.17) is 0 Å². The summed E-state index contributed by atoms with van der Waals surface area (Å²) in [4.78, 5) is 26.3. The topological polar surface area (TPSA) is 57.6 Å². The van der Waals surface area contributed by atoms with Crippen molar-refractivity contribution in [1.29, 1.82) is 0 Å². The maximum Gasteiger partial charge on any atom is 0.326 e. The van der Waals surface area contributed by atoms with Crippen LogP contribution in [-0.4, -0.2) is 34.5 Å². The van der Waals surface area contributed by atoms with Gasteiger partial charge in [0.15, 0.2) is 0 Å². The number of carbonyl (C=O) groups excluding carboxylic acids is 1. The van der Waals surface area contributed by atoms with E-state index in [0.717, 1.165) is 18.4 Å². The Morgan fingerprint density at radius 3 is 2.68 bits per heavy atom. The average molecular weight is 281 g/mol.